The zero-order valence-corrected chi connectivity index (χ0v) is 10.2. The first-order chi connectivity index (χ1) is 6.17. The van der Waals surface area contributed by atoms with Gasteiger partial charge in [0.1, 0.15) is 0 Å². The number of hydrogen-bond donors (Lipinski definition) is 1. The highest BCUT2D eigenvalue weighted by atomic mass is 127. The van der Waals surface area contributed by atoms with E-state index in [4.69, 9.17) is 5.73 Å². The van der Waals surface area contributed by atoms with Crippen LogP contribution in [0.4, 0.5) is 11.4 Å². The Bertz CT molecular complexity index is 262. The largest absolute Gasteiger partial charge is 0.399 e. The lowest BCUT2D eigenvalue weighted by Gasteiger charge is -2.21. The van der Waals surface area contributed by atoms with Crippen LogP contribution in [0.1, 0.15) is 13.8 Å². The molecule has 0 amide bonds. The van der Waals surface area contributed by atoms with E-state index in [1.807, 2.05) is 12.1 Å². The van der Waals surface area contributed by atoms with Crippen LogP contribution >= 0.6 is 22.6 Å². The second-order valence-corrected chi connectivity index (χ2v) is 4.16. The predicted molar refractivity (Wildman–Crippen MR) is 67.1 cm³/mol. The van der Waals surface area contributed by atoms with Crippen LogP contribution in [-0.2, 0) is 0 Å². The third kappa shape index (κ3) is 2.76. The van der Waals surface area contributed by atoms with Gasteiger partial charge in [-0.25, -0.2) is 0 Å². The molecule has 0 saturated heterocycles. The van der Waals surface area contributed by atoms with Gasteiger partial charge in [-0.1, -0.05) is 0 Å². The van der Waals surface area contributed by atoms with Gasteiger partial charge >= 0.3 is 0 Å². The summed E-state index contributed by atoms with van der Waals surface area (Å²) in [5.41, 5.74) is 7.83. The van der Waals surface area contributed by atoms with Gasteiger partial charge in [-0.3, -0.25) is 0 Å². The van der Waals surface area contributed by atoms with E-state index in [1.165, 1.54) is 9.26 Å². The third-order valence-corrected chi connectivity index (χ3v) is 2.66. The number of nitrogens with zero attached hydrogens (tertiary/aromatic N) is 1. The predicted octanol–water partition coefficient (Wildman–Crippen LogP) is 2.72. The van der Waals surface area contributed by atoms with Crippen LogP contribution in [0.25, 0.3) is 0 Å². The van der Waals surface area contributed by atoms with Crippen molar-refractivity contribution in [3.05, 3.63) is 21.8 Å². The molecule has 1 aromatic carbocycles. The average Bonchev–Trinajstić information content (AvgIpc) is 2.04. The van der Waals surface area contributed by atoms with Gasteiger partial charge in [-0.05, 0) is 54.6 Å². The van der Waals surface area contributed by atoms with E-state index in [1.54, 1.807) is 0 Å². The molecule has 2 N–H and O–H groups in total. The van der Waals surface area contributed by atoms with Crippen molar-refractivity contribution in [3.63, 3.8) is 0 Å². The molecule has 0 radical (unpaired) electrons. The number of nitrogen functional groups attached to an aromatic ring is 1. The second kappa shape index (κ2) is 4.69. The van der Waals surface area contributed by atoms with Crippen LogP contribution in [-0.4, -0.2) is 13.1 Å². The van der Waals surface area contributed by atoms with E-state index in [-0.39, 0.29) is 0 Å². The van der Waals surface area contributed by atoms with E-state index in [0.717, 1.165) is 18.8 Å². The molecule has 0 heterocycles. The van der Waals surface area contributed by atoms with Gasteiger partial charge in [-0.15, -0.1) is 0 Å². The van der Waals surface area contributed by atoms with Crippen LogP contribution in [0.2, 0.25) is 0 Å². The lowest BCUT2D eigenvalue weighted by molar-refractivity contribution is 0.866. The summed E-state index contributed by atoms with van der Waals surface area (Å²) < 4.78 is 1.19. The molecule has 0 aromatic heterocycles. The maximum absolute atomic E-state index is 5.78. The van der Waals surface area contributed by atoms with E-state index >= 15 is 0 Å². The van der Waals surface area contributed by atoms with Gasteiger partial charge < -0.3 is 10.6 Å². The molecule has 2 nitrogen and oxygen atoms in total. The minimum atomic E-state index is 0.841. The van der Waals surface area contributed by atoms with Crippen molar-refractivity contribution in [1.29, 1.82) is 0 Å². The maximum atomic E-state index is 5.78. The van der Waals surface area contributed by atoms with Crippen molar-refractivity contribution in [2.45, 2.75) is 13.8 Å². The Morgan fingerprint density at radius 2 is 1.85 bits per heavy atom. The zero-order valence-electron chi connectivity index (χ0n) is 8.05. The van der Waals surface area contributed by atoms with E-state index < -0.39 is 0 Å². The van der Waals surface area contributed by atoms with E-state index in [9.17, 15) is 0 Å². The van der Waals surface area contributed by atoms with Crippen LogP contribution < -0.4 is 10.6 Å². The molecule has 0 saturated carbocycles. The first-order valence-electron chi connectivity index (χ1n) is 4.48. The van der Waals surface area contributed by atoms with Crippen LogP contribution in [0.5, 0.6) is 0 Å². The Morgan fingerprint density at radius 3 is 2.31 bits per heavy atom. The number of benzene rings is 1. The van der Waals surface area contributed by atoms with Crippen molar-refractivity contribution < 1.29 is 0 Å². The lowest BCUT2D eigenvalue weighted by Crippen LogP contribution is -2.21. The van der Waals surface area contributed by atoms with Crippen LogP contribution in [0, 0.1) is 3.57 Å². The molecule has 13 heavy (non-hydrogen) atoms. The number of anilines is 2. The van der Waals surface area contributed by atoms with Gasteiger partial charge in [-0.2, -0.15) is 0 Å². The number of halogens is 1. The molecule has 0 fully saturated rings. The van der Waals surface area contributed by atoms with Crippen molar-refractivity contribution >= 4 is 34.0 Å². The minimum Gasteiger partial charge on any atom is -0.399 e. The molecule has 1 aromatic rings. The molecular formula is C10H15IN2. The smallest absolute Gasteiger partial charge is 0.0397 e. The quantitative estimate of drug-likeness (QED) is 0.685. The summed E-state index contributed by atoms with van der Waals surface area (Å²) >= 11 is 2.29. The summed E-state index contributed by atoms with van der Waals surface area (Å²) in [6.07, 6.45) is 0. The highest BCUT2D eigenvalue weighted by molar-refractivity contribution is 14.1. The third-order valence-electron chi connectivity index (χ3n) is 2.03. The molecule has 0 bridgehead atoms. The number of rotatable bonds is 3. The van der Waals surface area contributed by atoms with Crippen LogP contribution in [0.3, 0.4) is 0 Å². The molecule has 0 unspecified atom stereocenters. The van der Waals surface area contributed by atoms with Crippen LogP contribution in [0.15, 0.2) is 18.2 Å². The summed E-state index contributed by atoms with van der Waals surface area (Å²) in [4.78, 5) is 2.29. The van der Waals surface area contributed by atoms with Crippen molar-refractivity contribution in [1.82, 2.24) is 0 Å². The van der Waals surface area contributed by atoms with Gasteiger partial charge in [0.15, 0.2) is 0 Å². The maximum Gasteiger partial charge on any atom is 0.0397 e. The standard InChI is InChI=1S/C10H15IN2/c1-3-13(4-2)10-6-8(11)5-9(12)7-10/h5-7H,3-4,12H2,1-2H3. The first kappa shape index (κ1) is 10.6. The Kier molecular flexibility index (Phi) is 3.84. The summed E-state index contributed by atoms with van der Waals surface area (Å²) in [5, 5.41) is 0. The van der Waals surface area contributed by atoms with Crippen molar-refractivity contribution in [2.24, 2.45) is 0 Å². The molecule has 0 aliphatic rings. The molecule has 1 rings (SSSR count). The molecule has 0 spiro atoms. The zero-order chi connectivity index (χ0) is 9.84. The highest BCUT2D eigenvalue weighted by Crippen LogP contribution is 2.21. The lowest BCUT2D eigenvalue weighted by atomic mass is 10.2. The Labute approximate surface area is 93.3 Å². The fourth-order valence-electron chi connectivity index (χ4n) is 1.37. The molecule has 3 heteroatoms. The fraction of sp³-hybridized carbons (Fsp3) is 0.400. The number of nitrogens with two attached hydrogens (primary N) is 1. The van der Waals surface area contributed by atoms with E-state index in [0.29, 0.717) is 0 Å². The number of hydrogen-bond acceptors (Lipinski definition) is 2. The van der Waals surface area contributed by atoms with Gasteiger partial charge in [0, 0.05) is 28.0 Å². The topological polar surface area (TPSA) is 29.3 Å². The fourth-order valence-corrected chi connectivity index (χ4v) is 2.05. The normalized spacial score (nSPS) is 10.1. The summed E-state index contributed by atoms with van der Waals surface area (Å²) in [7, 11) is 0. The first-order valence-corrected chi connectivity index (χ1v) is 5.56. The second-order valence-electron chi connectivity index (χ2n) is 2.92. The van der Waals surface area contributed by atoms with Gasteiger partial charge in [0.2, 0.25) is 0 Å². The summed E-state index contributed by atoms with van der Waals surface area (Å²) in [6, 6.07) is 6.16. The molecule has 0 aliphatic heterocycles. The summed E-state index contributed by atoms with van der Waals surface area (Å²) in [5.74, 6) is 0. The van der Waals surface area contributed by atoms with E-state index in [2.05, 4.69) is 47.4 Å². The van der Waals surface area contributed by atoms with Crippen molar-refractivity contribution in [2.75, 3.05) is 23.7 Å². The Balaban J connectivity index is 2.99. The van der Waals surface area contributed by atoms with Gasteiger partial charge in [0.05, 0.1) is 0 Å². The monoisotopic (exact) mass is 290 g/mol. The molecular weight excluding hydrogens is 275 g/mol. The molecule has 72 valence electrons. The molecule has 0 aliphatic carbocycles. The molecule has 0 atom stereocenters. The average molecular weight is 290 g/mol. The minimum absolute atomic E-state index is 0.841. The van der Waals surface area contributed by atoms with Crippen molar-refractivity contribution in [3.8, 4) is 0 Å². The summed E-state index contributed by atoms with van der Waals surface area (Å²) in [6.45, 7) is 6.35. The SMILES string of the molecule is CCN(CC)c1cc(N)cc(I)c1. The Hall–Kier alpha value is -0.450. The van der Waals surface area contributed by atoms with Gasteiger partial charge in [0.25, 0.3) is 0 Å². The Morgan fingerprint density at radius 1 is 1.23 bits per heavy atom. The highest BCUT2D eigenvalue weighted by Gasteiger charge is 2.02.